The normalized spacial score (nSPS) is 10.2. The van der Waals surface area contributed by atoms with E-state index >= 15 is 0 Å². The van der Waals surface area contributed by atoms with E-state index in [9.17, 15) is 4.39 Å². The molecule has 0 radical (unpaired) electrons. The summed E-state index contributed by atoms with van der Waals surface area (Å²) in [5.74, 6) is -0.394. The molecule has 0 bridgehead atoms. The fourth-order valence-corrected chi connectivity index (χ4v) is 1.63. The Kier molecular flexibility index (Phi) is 4.64. The topological polar surface area (TPSA) is 38.5 Å². The van der Waals surface area contributed by atoms with Gasteiger partial charge in [0.05, 0.1) is 12.2 Å². The highest BCUT2D eigenvalue weighted by molar-refractivity contribution is 7.80. The van der Waals surface area contributed by atoms with Crippen molar-refractivity contribution in [3.05, 3.63) is 29.6 Å². The minimum atomic E-state index is -0.394. The standard InChI is InChI=1S/C11H15FN2OS/c1-14(6-7-15-2)9-5-3-4-8(12)10(9)11(13)16/h3-5H,6-7H2,1-2H3,(H2,13,16). The van der Waals surface area contributed by atoms with E-state index in [1.54, 1.807) is 19.2 Å². The monoisotopic (exact) mass is 242 g/mol. The zero-order valence-corrected chi connectivity index (χ0v) is 10.2. The number of rotatable bonds is 5. The van der Waals surface area contributed by atoms with Gasteiger partial charge in [0.2, 0.25) is 0 Å². The van der Waals surface area contributed by atoms with Crippen molar-refractivity contribution in [1.82, 2.24) is 0 Å². The third-order valence-corrected chi connectivity index (χ3v) is 2.48. The maximum Gasteiger partial charge on any atom is 0.135 e. The van der Waals surface area contributed by atoms with E-state index in [2.05, 4.69) is 0 Å². The summed E-state index contributed by atoms with van der Waals surface area (Å²) in [6.45, 7) is 1.21. The summed E-state index contributed by atoms with van der Waals surface area (Å²) in [7, 11) is 3.46. The molecule has 0 heterocycles. The van der Waals surface area contributed by atoms with Crippen LogP contribution in [0.2, 0.25) is 0 Å². The number of benzene rings is 1. The number of thiocarbonyl (C=S) groups is 1. The molecule has 1 rings (SSSR count). The third-order valence-electron chi connectivity index (χ3n) is 2.28. The molecule has 0 aliphatic carbocycles. The first-order chi connectivity index (χ1) is 7.57. The van der Waals surface area contributed by atoms with Gasteiger partial charge in [-0.2, -0.15) is 0 Å². The molecule has 0 aliphatic heterocycles. The first-order valence-corrected chi connectivity index (χ1v) is 5.27. The molecule has 0 unspecified atom stereocenters. The van der Waals surface area contributed by atoms with Crippen molar-refractivity contribution >= 4 is 22.9 Å². The number of hydrogen-bond acceptors (Lipinski definition) is 3. The maximum absolute atomic E-state index is 13.6. The van der Waals surface area contributed by atoms with Gasteiger partial charge in [-0.05, 0) is 12.1 Å². The highest BCUT2D eigenvalue weighted by Crippen LogP contribution is 2.21. The highest BCUT2D eigenvalue weighted by atomic mass is 32.1. The SMILES string of the molecule is COCCN(C)c1cccc(F)c1C(N)=S. The third kappa shape index (κ3) is 2.90. The van der Waals surface area contributed by atoms with E-state index in [4.69, 9.17) is 22.7 Å². The minimum absolute atomic E-state index is 0.0670. The highest BCUT2D eigenvalue weighted by Gasteiger charge is 2.13. The fraction of sp³-hybridized carbons (Fsp3) is 0.364. The Labute approximate surface area is 100.0 Å². The molecule has 0 saturated carbocycles. The van der Waals surface area contributed by atoms with E-state index < -0.39 is 5.82 Å². The molecule has 3 nitrogen and oxygen atoms in total. The van der Waals surface area contributed by atoms with Gasteiger partial charge in [-0.1, -0.05) is 18.3 Å². The smallest absolute Gasteiger partial charge is 0.135 e. The Hall–Kier alpha value is -1.20. The molecule has 16 heavy (non-hydrogen) atoms. The van der Waals surface area contributed by atoms with Crippen LogP contribution in [0.25, 0.3) is 0 Å². The number of ether oxygens (including phenoxy) is 1. The molecule has 0 spiro atoms. The Balaban J connectivity index is 3.02. The predicted octanol–water partition coefficient (Wildman–Crippen LogP) is 1.54. The number of anilines is 1. The van der Waals surface area contributed by atoms with Crippen LogP contribution in [0.3, 0.4) is 0 Å². The summed E-state index contributed by atoms with van der Waals surface area (Å²) in [5, 5.41) is 0. The lowest BCUT2D eigenvalue weighted by Gasteiger charge is -2.21. The van der Waals surface area contributed by atoms with Gasteiger partial charge < -0.3 is 15.4 Å². The van der Waals surface area contributed by atoms with Gasteiger partial charge in [-0.15, -0.1) is 0 Å². The molecular weight excluding hydrogens is 227 g/mol. The van der Waals surface area contributed by atoms with Crippen molar-refractivity contribution in [3.8, 4) is 0 Å². The predicted molar refractivity (Wildman–Crippen MR) is 67.4 cm³/mol. The second kappa shape index (κ2) is 5.77. The van der Waals surface area contributed by atoms with Crippen LogP contribution in [-0.2, 0) is 4.74 Å². The molecule has 88 valence electrons. The molecule has 0 saturated heterocycles. The van der Waals surface area contributed by atoms with Crippen LogP contribution in [0, 0.1) is 5.82 Å². The molecule has 1 aromatic rings. The second-order valence-corrected chi connectivity index (χ2v) is 3.85. The summed E-state index contributed by atoms with van der Waals surface area (Å²) in [5.41, 5.74) is 6.49. The molecule has 0 aromatic heterocycles. The van der Waals surface area contributed by atoms with Gasteiger partial charge in [-0.25, -0.2) is 4.39 Å². The number of hydrogen-bond donors (Lipinski definition) is 1. The Morgan fingerprint density at radius 3 is 2.81 bits per heavy atom. The van der Waals surface area contributed by atoms with Crippen molar-refractivity contribution in [1.29, 1.82) is 0 Å². The lowest BCUT2D eigenvalue weighted by atomic mass is 10.1. The average Bonchev–Trinajstić information content (AvgIpc) is 2.24. The van der Waals surface area contributed by atoms with Gasteiger partial charge in [-0.3, -0.25) is 0 Å². The summed E-state index contributed by atoms with van der Waals surface area (Å²) >= 11 is 4.85. The summed E-state index contributed by atoms with van der Waals surface area (Å²) in [6.07, 6.45) is 0. The van der Waals surface area contributed by atoms with Gasteiger partial charge in [0.15, 0.2) is 0 Å². The number of methoxy groups -OCH3 is 1. The molecule has 1 aromatic carbocycles. The number of nitrogens with zero attached hydrogens (tertiary/aromatic N) is 1. The van der Waals surface area contributed by atoms with Crippen LogP contribution in [0.15, 0.2) is 18.2 Å². The molecule has 0 aliphatic rings. The van der Waals surface area contributed by atoms with Crippen molar-refractivity contribution < 1.29 is 9.13 Å². The zero-order valence-electron chi connectivity index (χ0n) is 9.37. The van der Waals surface area contributed by atoms with Crippen LogP contribution < -0.4 is 10.6 Å². The fourth-order valence-electron chi connectivity index (χ4n) is 1.42. The maximum atomic E-state index is 13.6. The van der Waals surface area contributed by atoms with E-state index in [1.807, 2.05) is 11.9 Å². The molecular formula is C11H15FN2OS. The summed E-state index contributed by atoms with van der Waals surface area (Å²) in [6, 6.07) is 4.77. The molecule has 0 amide bonds. The molecule has 0 fully saturated rings. The van der Waals surface area contributed by atoms with Crippen LogP contribution in [-0.4, -0.2) is 32.3 Å². The van der Waals surface area contributed by atoms with Gasteiger partial charge >= 0.3 is 0 Å². The van der Waals surface area contributed by atoms with E-state index in [0.717, 1.165) is 0 Å². The minimum Gasteiger partial charge on any atom is -0.389 e. The van der Waals surface area contributed by atoms with Crippen LogP contribution >= 0.6 is 12.2 Å². The van der Waals surface area contributed by atoms with Crippen LogP contribution in [0.5, 0.6) is 0 Å². The second-order valence-electron chi connectivity index (χ2n) is 3.41. The Bertz CT molecular complexity index is 384. The Morgan fingerprint density at radius 2 is 2.25 bits per heavy atom. The van der Waals surface area contributed by atoms with E-state index in [1.165, 1.54) is 6.07 Å². The average molecular weight is 242 g/mol. The summed E-state index contributed by atoms with van der Waals surface area (Å²) < 4.78 is 18.5. The molecule has 5 heteroatoms. The van der Waals surface area contributed by atoms with Crippen LogP contribution in [0.4, 0.5) is 10.1 Å². The van der Waals surface area contributed by atoms with Crippen molar-refractivity contribution in [2.75, 3.05) is 32.2 Å². The van der Waals surface area contributed by atoms with Crippen LogP contribution in [0.1, 0.15) is 5.56 Å². The lowest BCUT2D eigenvalue weighted by Crippen LogP contribution is -2.26. The number of likely N-dealkylation sites (N-methyl/N-ethyl adjacent to an activating group) is 1. The molecule has 0 atom stereocenters. The quantitative estimate of drug-likeness (QED) is 0.795. The first-order valence-electron chi connectivity index (χ1n) is 4.86. The number of halogens is 1. The van der Waals surface area contributed by atoms with Crippen molar-refractivity contribution in [2.45, 2.75) is 0 Å². The summed E-state index contributed by atoms with van der Waals surface area (Å²) in [4.78, 5) is 1.93. The zero-order chi connectivity index (χ0) is 12.1. The van der Waals surface area contributed by atoms with Crippen molar-refractivity contribution in [3.63, 3.8) is 0 Å². The molecule has 2 N–H and O–H groups in total. The lowest BCUT2D eigenvalue weighted by molar-refractivity contribution is 0.206. The largest absolute Gasteiger partial charge is 0.389 e. The van der Waals surface area contributed by atoms with Gasteiger partial charge in [0, 0.05) is 26.4 Å². The van der Waals surface area contributed by atoms with E-state index in [-0.39, 0.29) is 10.6 Å². The first kappa shape index (κ1) is 12.9. The number of nitrogens with two attached hydrogens (primary N) is 1. The Morgan fingerprint density at radius 1 is 1.56 bits per heavy atom. The van der Waals surface area contributed by atoms with Crippen molar-refractivity contribution in [2.24, 2.45) is 5.73 Å². The van der Waals surface area contributed by atoms with E-state index in [0.29, 0.717) is 18.8 Å². The van der Waals surface area contributed by atoms with Gasteiger partial charge in [0.25, 0.3) is 0 Å². The van der Waals surface area contributed by atoms with Gasteiger partial charge in [0.1, 0.15) is 10.8 Å².